The molecule has 0 aromatic heterocycles. The smallest absolute Gasteiger partial charge is 0.339 e. The van der Waals surface area contributed by atoms with Gasteiger partial charge >= 0.3 is 12.4 Å². The number of hydrogen-bond donors (Lipinski definition) is 0. The second-order valence-corrected chi connectivity index (χ2v) is 14.2. The Hall–Kier alpha value is -2.61. The predicted molar refractivity (Wildman–Crippen MR) is 126 cm³/mol. The van der Waals surface area contributed by atoms with Crippen LogP contribution in [0.5, 0.6) is 0 Å². The first-order chi connectivity index (χ1) is 17.2. The van der Waals surface area contributed by atoms with Gasteiger partial charge in [0.05, 0.1) is 31.2 Å². The molecule has 1 aliphatic rings. The van der Waals surface area contributed by atoms with E-state index in [-0.39, 0.29) is 25.9 Å². The van der Waals surface area contributed by atoms with Crippen molar-refractivity contribution < 1.29 is 48.0 Å². The van der Waals surface area contributed by atoms with Gasteiger partial charge in [-0.2, -0.15) is 26.3 Å². The lowest BCUT2D eigenvalue weighted by Gasteiger charge is -2.40. The maximum absolute atomic E-state index is 13.3. The summed E-state index contributed by atoms with van der Waals surface area (Å²) in [6.07, 6.45) is -8.63. The van der Waals surface area contributed by atoms with Crippen molar-refractivity contribution in [2.45, 2.75) is 53.6 Å². The van der Waals surface area contributed by atoms with Gasteiger partial charge in [-0.15, -0.1) is 0 Å². The molecule has 2 aromatic rings. The van der Waals surface area contributed by atoms with E-state index in [1.807, 2.05) is 0 Å². The molecule has 210 valence electrons. The van der Waals surface area contributed by atoms with E-state index in [0.717, 1.165) is 24.3 Å². The van der Waals surface area contributed by atoms with Gasteiger partial charge in [-0.3, -0.25) is 4.79 Å². The summed E-state index contributed by atoms with van der Waals surface area (Å²) in [5.74, 6) is -1.40. The van der Waals surface area contributed by atoms with Gasteiger partial charge in [0.15, 0.2) is 19.7 Å². The fourth-order valence-corrected chi connectivity index (χ4v) is 7.21. The van der Waals surface area contributed by atoms with Crippen LogP contribution in [0.3, 0.4) is 0 Å². The third kappa shape index (κ3) is 5.85. The Morgan fingerprint density at radius 2 is 1.37 bits per heavy atom. The van der Waals surface area contributed by atoms with Gasteiger partial charge in [0, 0.05) is 19.3 Å². The van der Waals surface area contributed by atoms with Crippen LogP contribution in [0.2, 0.25) is 0 Å². The number of piperidine rings is 1. The van der Waals surface area contributed by atoms with Gasteiger partial charge in [-0.05, 0) is 69.0 Å². The van der Waals surface area contributed by atoms with Gasteiger partial charge in [0.2, 0.25) is 0 Å². The van der Waals surface area contributed by atoms with Crippen molar-refractivity contribution in [3.8, 4) is 0 Å². The summed E-state index contributed by atoms with van der Waals surface area (Å²) < 4.78 is 128. The van der Waals surface area contributed by atoms with Crippen LogP contribution in [-0.2, 0) is 32.0 Å². The molecule has 0 unspecified atom stereocenters. The molecule has 2 aromatic carbocycles. The van der Waals surface area contributed by atoms with Crippen molar-refractivity contribution in [2.75, 3.05) is 19.3 Å². The van der Waals surface area contributed by atoms with E-state index < -0.39 is 75.1 Å². The minimum Gasteiger partial charge on any atom is -0.339 e. The van der Waals surface area contributed by atoms with Crippen LogP contribution in [0.4, 0.5) is 26.3 Å². The molecule has 6 nitrogen and oxygen atoms in total. The minimum absolute atomic E-state index is 0.0325. The molecule has 0 bridgehead atoms. The van der Waals surface area contributed by atoms with Gasteiger partial charge in [0.25, 0.3) is 5.91 Å². The van der Waals surface area contributed by atoms with E-state index in [1.54, 1.807) is 0 Å². The fraction of sp³-hybridized carbons (Fsp3) is 0.458. The van der Waals surface area contributed by atoms with E-state index in [1.165, 1.54) is 18.7 Å². The Labute approximate surface area is 216 Å². The molecule has 1 heterocycles. The Balaban J connectivity index is 1.84. The minimum atomic E-state index is -4.82. The van der Waals surface area contributed by atoms with Crippen LogP contribution in [0.25, 0.3) is 0 Å². The highest BCUT2D eigenvalue weighted by Gasteiger charge is 2.45. The van der Waals surface area contributed by atoms with Gasteiger partial charge in [-0.25, -0.2) is 16.8 Å². The number of sulfone groups is 2. The number of carbonyl (C=O) groups excluding carboxylic acids is 1. The molecule has 1 saturated heterocycles. The summed E-state index contributed by atoms with van der Waals surface area (Å²) >= 11 is 0. The monoisotopic (exact) mass is 585 g/mol. The zero-order valence-corrected chi connectivity index (χ0v) is 22.2. The highest BCUT2D eigenvalue weighted by Crippen LogP contribution is 2.40. The first kappa shape index (κ1) is 29.9. The van der Waals surface area contributed by atoms with E-state index in [9.17, 15) is 48.0 Å². The Morgan fingerprint density at radius 3 is 1.87 bits per heavy atom. The second-order valence-electron chi connectivity index (χ2n) is 9.68. The second kappa shape index (κ2) is 9.85. The topological polar surface area (TPSA) is 88.6 Å². The third-order valence-corrected chi connectivity index (χ3v) is 10.6. The standard InChI is InChI=1S/C24H25F6NO5S2/c1-22(2,38(35,36)18-6-4-5-16(13-18)23(25,26)27)15-9-11-31(12-10-15)21(32)19-8-7-17(24(28,29)30)14-20(19)37(3,33)34/h4-8,13-15H,9-12H2,1-3H3. The third-order valence-electron chi connectivity index (χ3n) is 6.87. The van der Waals surface area contributed by atoms with Crippen molar-refractivity contribution in [3.05, 3.63) is 59.2 Å². The molecule has 0 aliphatic carbocycles. The Kier molecular flexibility index (Phi) is 7.76. The SMILES string of the molecule is CC(C)(C1CCN(C(=O)c2ccc(C(F)(F)F)cc2S(C)(=O)=O)CC1)S(=O)(=O)c1cccc(C(F)(F)F)c1. The molecule has 0 N–H and O–H groups in total. The van der Waals surface area contributed by atoms with Crippen molar-refractivity contribution in [3.63, 3.8) is 0 Å². The number of nitrogens with zero attached hydrogens (tertiary/aromatic N) is 1. The maximum atomic E-state index is 13.3. The fourth-order valence-electron chi connectivity index (χ4n) is 4.49. The van der Waals surface area contributed by atoms with E-state index in [2.05, 4.69) is 0 Å². The maximum Gasteiger partial charge on any atom is 0.416 e. The zero-order chi connectivity index (χ0) is 28.9. The predicted octanol–water partition coefficient (Wildman–Crippen LogP) is 5.23. The number of alkyl halides is 6. The summed E-state index contributed by atoms with van der Waals surface area (Å²) in [7, 11) is -8.45. The van der Waals surface area contributed by atoms with Gasteiger partial charge in [-0.1, -0.05) is 6.07 Å². The molecule has 0 saturated carbocycles. The average Bonchev–Trinajstić information content (AvgIpc) is 2.81. The molecule has 3 rings (SSSR count). The van der Waals surface area contributed by atoms with Crippen LogP contribution in [0.1, 0.15) is 48.2 Å². The van der Waals surface area contributed by atoms with Crippen LogP contribution < -0.4 is 0 Å². The number of carbonyl (C=O) groups is 1. The summed E-state index contributed by atoms with van der Waals surface area (Å²) in [5, 5.41) is 0. The van der Waals surface area contributed by atoms with Crippen LogP contribution in [-0.4, -0.2) is 51.7 Å². The zero-order valence-electron chi connectivity index (χ0n) is 20.5. The highest BCUT2D eigenvalue weighted by molar-refractivity contribution is 7.92. The number of benzene rings is 2. The molecule has 38 heavy (non-hydrogen) atoms. The Morgan fingerprint density at radius 1 is 0.842 bits per heavy atom. The summed E-state index contributed by atoms with van der Waals surface area (Å²) in [6.45, 7) is 2.72. The lowest BCUT2D eigenvalue weighted by Crippen LogP contribution is -2.47. The number of amides is 1. The normalized spacial score (nSPS) is 16.5. The molecule has 0 spiro atoms. The summed E-state index contributed by atoms with van der Waals surface area (Å²) in [4.78, 5) is 13.1. The summed E-state index contributed by atoms with van der Waals surface area (Å²) in [5.41, 5.74) is -2.77. The van der Waals surface area contributed by atoms with Gasteiger partial charge < -0.3 is 4.90 Å². The quantitative estimate of drug-likeness (QED) is 0.449. The van der Waals surface area contributed by atoms with E-state index >= 15 is 0 Å². The van der Waals surface area contributed by atoms with Crippen molar-refractivity contribution in [1.29, 1.82) is 0 Å². The largest absolute Gasteiger partial charge is 0.416 e. The van der Waals surface area contributed by atoms with Crippen molar-refractivity contribution in [1.82, 2.24) is 4.90 Å². The highest BCUT2D eigenvalue weighted by atomic mass is 32.2. The number of rotatable bonds is 5. The van der Waals surface area contributed by atoms with E-state index in [0.29, 0.717) is 24.5 Å². The van der Waals surface area contributed by atoms with Crippen LogP contribution in [0, 0.1) is 5.92 Å². The lowest BCUT2D eigenvalue weighted by molar-refractivity contribution is -0.138. The lowest BCUT2D eigenvalue weighted by atomic mass is 9.85. The first-order valence-electron chi connectivity index (χ1n) is 11.3. The molecular formula is C24H25F6NO5S2. The van der Waals surface area contributed by atoms with Crippen LogP contribution >= 0.6 is 0 Å². The van der Waals surface area contributed by atoms with Crippen LogP contribution in [0.15, 0.2) is 52.3 Å². The number of likely N-dealkylation sites (tertiary alicyclic amines) is 1. The number of hydrogen-bond acceptors (Lipinski definition) is 5. The van der Waals surface area contributed by atoms with Crippen molar-refractivity contribution in [2.24, 2.45) is 5.92 Å². The molecule has 0 atom stereocenters. The van der Waals surface area contributed by atoms with Crippen molar-refractivity contribution >= 4 is 25.6 Å². The Bertz CT molecular complexity index is 1440. The summed E-state index contributed by atoms with van der Waals surface area (Å²) in [6, 6.07) is 5.25. The molecular weight excluding hydrogens is 560 g/mol. The molecule has 1 amide bonds. The van der Waals surface area contributed by atoms with Gasteiger partial charge in [0.1, 0.15) is 0 Å². The van der Waals surface area contributed by atoms with E-state index in [4.69, 9.17) is 0 Å². The molecule has 1 aliphatic heterocycles. The first-order valence-corrected chi connectivity index (χ1v) is 14.7. The molecule has 1 fully saturated rings. The number of halogens is 6. The average molecular weight is 586 g/mol. The molecule has 14 heteroatoms. The molecule has 0 radical (unpaired) electrons.